The molecular weight excluding hydrogens is 572 g/mol. The molecule has 4 aromatic carbocycles. The third-order valence-electron chi connectivity index (χ3n) is 8.82. The summed E-state index contributed by atoms with van der Waals surface area (Å²) in [7, 11) is 0. The van der Waals surface area contributed by atoms with Crippen LogP contribution < -0.4 is 10.6 Å². The van der Waals surface area contributed by atoms with E-state index in [0.29, 0.717) is 70.4 Å². The molecule has 4 amide bonds. The van der Waals surface area contributed by atoms with E-state index in [4.69, 9.17) is 8.83 Å². The van der Waals surface area contributed by atoms with Crippen molar-refractivity contribution in [2.45, 2.75) is 6.42 Å². The number of hydrogen-bond donors (Lipinski definition) is 2. The first-order chi connectivity index (χ1) is 22.0. The van der Waals surface area contributed by atoms with Gasteiger partial charge in [-0.15, -0.1) is 0 Å². The Balaban J connectivity index is 0.826. The molecule has 8 rings (SSSR count). The molecule has 0 saturated heterocycles. The molecule has 10 nitrogen and oxygen atoms in total. The number of carbonyl (C=O) groups excluding carboxylic acids is 4. The molecule has 0 saturated carbocycles. The van der Waals surface area contributed by atoms with E-state index in [-0.39, 0.29) is 36.7 Å². The van der Waals surface area contributed by atoms with Gasteiger partial charge in [0.1, 0.15) is 11.2 Å². The van der Waals surface area contributed by atoms with Crippen molar-refractivity contribution in [3.63, 3.8) is 0 Å². The van der Waals surface area contributed by atoms with Crippen LogP contribution in [0, 0.1) is 0 Å². The number of carbonyl (C=O) groups is 4. The standard InChI is InChI=1S/C35H28N4O6/c40-32-24-6-1-4-22-20-8-16-44-28(20)18-26(30(22)24)34(42)38(32)14-12-36-10-3-11-37-13-15-39-33(41)25-7-2-5-23-21-9-17-45-29(21)19-27(31(23)25)35(39)43/h1-2,4-9,16-19,36-37H,3,10-15H2. The maximum Gasteiger partial charge on any atom is 0.261 e. The van der Waals surface area contributed by atoms with Gasteiger partial charge in [0.05, 0.1) is 23.7 Å². The molecule has 2 aliphatic heterocycles. The maximum atomic E-state index is 13.3. The fraction of sp³-hybridized carbons (Fsp3) is 0.200. The van der Waals surface area contributed by atoms with E-state index in [2.05, 4.69) is 10.6 Å². The number of nitrogens with one attached hydrogen (secondary N) is 2. The minimum atomic E-state index is -0.320. The first-order valence-corrected chi connectivity index (χ1v) is 15.0. The Labute approximate surface area is 256 Å². The molecule has 0 fully saturated rings. The van der Waals surface area contributed by atoms with Crippen LogP contribution in [0.5, 0.6) is 0 Å². The molecule has 4 heterocycles. The fourth-order valence-electron chi connectivity index (χ4n) is 6.69. The zero-order chi connectivity index (χ0) is 30.7. The van der Waals surface area contributed by atoms with Gasteiger partial charge < -0.3 is 19.5 Å². The summed E-state index contributed by atoms with van der Waals surface area (Å²) >= 11 is 0. The molecule has 0 atom stereocenters. The van der Waals surface area contributed by atoms with Gasteiger partial charge in [0.2, 0.25) is 0 Å². The summed E-state index contributed by atoms with van der Waals surface area (Å²) in [5.74, 6) is -1.23. The van der Waals surface area contributed by atoms with E-state index >= 15 is 0 Å². The number of rotatable bonds is 10. The Kier molecular flexibility index (Phi) is 6.47. The summed E-state index contributed by atoms with van der Waals surface area (Å²) in [5, 5.41) is 11.4. The summed E-state index contributed by atoms with van der Waals surface area (Å²) in [4.78, 5) is 55.8. The second-order valence-corrected chi connectivity index (χ2v) is 11.3. The lowest BCUT2D eigenvalue weighted by atomic mass is 9.92. The molecule has 2 aromatic heterocycles. The van der Waals surface area contributed by atoms with Gasteiger partial charge in [-0.05, 0) is 66.7 Å². The van der Waals surface area contributed by atoms with Gasteiger partial charge in [0, 0.05) is 58.9 Å². The molecule has 0 aliphatic carbocycles. The number of hydrogen-bond acceptors (Lipinski definition) is 8. The van der Waals surface area contributed by atoms with Crippen molar-refractivity contribution in [1.82, 2.24) is 20.4 Å². The van der Waals surface area contributed by atoms with Gasteiger partial charge in [-0.3, -0.25) is 29.0 Å². The first-order valence-electron chi connectivity index (χ1n) is 15.0. The molecule has 2 N–H and O–H groups in total. The molecular formula is C35H28N4O6. The van der Waals surface area contributed by atoms with Gasteiger partial charge in [0.15, 0.2) is 0 Å². The van der Waals surface area contributed by atoms with Crippen LogP contribution in [0.15, 0.2) is 82.0 Å². The summed E-state index contributed by atoms with van der Waals surface area (Å²) < 4.78 is 11.1. The van der Waals surface area contributed by atoms with E-state index < -0.39 is 0 Å². The van der Waals surface area contributed by atoms with Crippen LogP contribution in [0.25, 0.3) is 43.5 Å². The molecule has 2 aliphatic rings. The quantitative estimate of drug-likeness (QED) is 0.167. The molecule has 0 bridgehead atoms. The predicted molar refractivity (Wildman–Crippen MR) is 169 cm³/mol. The van der Waals surface area contributed by atoms with E-state index in [1.807, 2.05) is 36.4 Å². The minimum Gasteiger partial charge on any atom is -0.464 e. The maximum absolute atomic E-state index is 13.3. The molecule has 224 valence electrons. The van der Waals surface area contributed by atoms with E-state index in [9.17, 15) is 19.2 Å². The highest BCUT2D eigenvalue weighted by molar-refractivity contribution is 6.30. The van der Waals surface area contributed by atoms with Crippen molar-refractivity contribution in [3.8, 4) is 0 Å². The number of nitrogens with zero attached hydrogens (tertiary/aromatic N) is 2. The summed E-state index contributed by atoms with van der Waals surface area (Å²) in [6, 6.07) is 18.2. The molecule has 10 heteroatoms. The smallest absolute Gasteiger partial charge is 0.261 e. The third-order valence-corrected chi connectivity index (χ3v) is 8.82. The lowest BCUT2D eigenvalue weighted by Crippen LogP contribution is -2.44. The molecule has 0 unspecified atom stereocenters. The van der Waals surface area contributed by atoms with Crippen molar-refractivity contribution in [2.75, 3.05) is 39.3 Å². The zero-order valence-electron chi connectivity index (χ0n) is 24.2. The van der Waals surface area contributed by atoms with Gasteiger partial charge in [-0.2, -0.15) is 0 Å². The lowest BCUT2D eigenvalue weighted by molar-refractivity contribution is 0.0597. The highest BCUT2D eigenvalue weighted by Gasteiger charge is 2.34. The van der Waals surface area contributed by atoms with Crippen LogP contribution in [-0.4, -0.2) is 72.7 Å². The second-order valence-electron chi connectivity index (χ2n) is 11.3. The van der Waals surface area contributed by atoms with Gasteiger partial charge in [-0.1, -0.05) is 24.3 Å². The SMILES string of the molecule is O=C1c2cccc3c2c(cc2occc23)C(=O)N1CCNCCCNCCN1C(=O)c2cccc3c2c(cc2occc23)C1=O. The normalized spacial score (nSPS) is 14.7. The Morgan fingerprint density at radius 3 is 1.42 bits per heavy atom. The van der Waals surface area contributed by atoms with Crippen LogP contribution in [0.3, 0.4) is 0 Å². The topological polar surface area (TPSA) is 125 Å². The molecule has 0 spiro atoms. The van der Waals surface area contributed by atoms with Gasteiger partial charge in [0.25, 0.3) is 23.6 Å². The second kappa shape index (κ2) is 10.7. The molecule has 45 heavy (non-hydrogen) atoms. The Bertz CT molecular complexity index is 2060. The highest BCUT2D eigenvalue weighted by atomic mass is 16.3. The Hall–Kier alpha value is -5.32. The van der Waals surface area contributed by atoms with Crippen molar-refractivity contribution in [2.24, 2.45) is 0 Å². The fourth-order valence-corrected chi connectivity index (χ4v) is 6.69. The number of benzene rings is 4. The summed E-state index contributed by atoms with van der Waals surface area (Å²) in [6.45, 7) is 2.73. The Morgan fingerprint density at radius 1 is 0.511 bits per heavy atom. The predicted octanol–water partition coefficient (Wildman–Crippen LogP) is 4.95. The van der Waals surface area contributed by atoms with Crippen molar-refractivity contribution in [3.05, 3.63) is 95.4 Å². The lowest BCUT2D eigenvalue weighted by Gasteiger charge is -2.27. The Morgan fingerprint density at radius 2 is 0.956 bits per heavy atom. The van der Waals surface area contributed by atoms with E-state index in [1.165, 1.54) is 9.80 Å². The minimum absolute atomic E-state index is 0.245. The van der Waals surface area contributed by atoms with E-state index in [0.717, 1.165) is 28.0 Å². The van der Waals surface area contributed by atoms with E-state index in [1.54, 1.807) is 36.8 Å². The van der Waals surface area contributed by atoms with Crippen molar-refractivity contribution < 1.29 is 28.0 Å². The average molecular weight is 601 g/mol. The molecule has 0 radical (unpaired) electrons. The molecule has 6 aromatic rings. The van der Waals surface area contributed by atoms with Gasteiger partial charge in [-0.25, -0.2) is 0 Å². The number of amides is 4. The average Bonchev–Trinajstić information content (AvgIpc) is 3.74. The number of fused-ring (bicyclic) bond motifs is 4. The third kappa shape index (κ3) is 4.25. The van der Waals surface area contributed by atoms with Crippen molar-refractivity contribution >= 4 is 67.1 Å². The summed E-state index contributed by atoms with van der Waals surface area (Å²) in [6.07, 6.45) is 3.96. The number of furan rings is 2. The number of imide groups is 2. The summed E-state index contributed by atoms with van der Waals surface area (Å²) in [5.41, 5.74) is 3.24. The largest absolute Gasteiger partial charge is 0.464 e. The van der Waals surface area contributed by atoms with Crippen molar-refractivity contribution in [1.29, 1.82) is 0 Å². The van der Waals surface area contributed by atoms with Crippen LogP contribution >= 0.6 is 0 Å². The van der Waals surface area contributed by atoms with Crippen LogP contribution in [0.2, 0.25) is 0 Å². The van der Waals surface area contributed by atoms with Crippen LogP contribution in [0.1, 0.15) is 47.9 Å². The highest BCUT2D eigenvalue weighted by Crippen LogP contribution is 2.37. The first kappa shape index (κ1) is 27.2. The van der Waals surface area contributed by atoms with Crippen LogP contribution in [0.4, 0.5) is 0 Å². The van der Waals surface area contributed by atoms with Crippen LogP contribution in [-0.2, 0) is 0 Å². The zero-order valence-corrected chi connectivity index (χ0v) is 24.2. The monoisotopic (exact) mass is 600 g/mol. The van der Waals surface area contributed by atoms with Gasteiger partial charge >= 0.3 is 0 Å².